The van der Waals surface area contributed by atoms with Crippen LogP contribution in [-0.2, 0) is 4.74 Å². The molecule has 148 valence electrons. The van der Waals surface area contributed by atoms with Crippen LogP contribution < -0.4 is 10.6 Å². The van der Waals surface area contributed by atoms with Crippen molar-refractivity contribution >= 4 is 23.4 Å². The number of anilines is 1. The Labute approximate surface area is 167 Å². The van der Waals surface area contributed by atoms with Gasteiger partial charge in [-0.3, -0.25) is 5.32 Å². The summed E-state index contributed by atoms with van der Waals surface area (Å²) in [6.45, 7) is 0.341. The fourth-order valence-corrected chi connectivity index (χ4v) is 4.37. The molecule has 0 saturated carbocycles. The molecular weight excluding hydrogens is 386 g/mol. The number of hydrogen-bond acceptors (Lipinski definition) is 3. The van der Waals surface area contributed by atoms with E-state index in [1.165, 1.54) is 49.2 Å². The van der Waals surface area contributed by atoms with Gasteiger partial charge in [0.25, 0.3) is 0 Å². The first-order valence-corrected chi connectivity index (χ1v) is 9.80. The first-order valence-electron chi connectivity index (χ1n) is 9.43. The Kier molecular flexibility index (Phi) is 5.51. The van der Waals surface area contributed by atoms with E-state index in [1.54, 1.807) is 0 Å². The van der Waals surface area contributed by atoms with Crippen molar-refractivity contribution in [1.82, 2.24) is 5.32 Å². The SMILES string of the molecule is O=C(Nc1cc(F)ccc1-c1ccc(F)c(Cl)c1)OCC1CC2CCC(C1)N2. The van der Waals surface area contributed by atoms with Crippen LogP contribution in [0.4, 0.5) is 19.3 Å². The van der Waals surface area contributed by atoms with Gasteiger partial charge in [-0.2, -0.15) is 0 Å². The minimum Gasteiger partial charge on any atom is -0.449 e. The Balaban J connectivity index is 1.44. The van der Waals surface area contributed by atoms with Crippen molar-refractivity contribution in [2.24, 2.45) is 5.92 Å². The van der Waals surface area contributed by atoms with E-state index in [0.717, 1.165) is 12.8 Å². The topological polar surface area (TPSA) is 50.4 Å². The third-order valence-electron chi connectivity index (χ3n) is 5.47. The highest BCUT2D eigenvalue weighted by Crippen LogP contribution is 2.33. The maximum Gasteiger partial charge on any atom is 0.411 e. The van der Waals surface area contributed by atoms with Crippen molar-refractivity contribution < 1.29 is 18.3 Å². The van der Waals surface area contributed by atoms with Crippen LogP contribution in [-0.4, -0.2) is 24.8 Å². The second kappa shape index (κ2) is 8.05. The van der Waals surface area contributed by atoms with Gasteiger partial charge in [-0.05, 0) is 67.5 Å². The van der Waals surface area contributed by atoms with Gasteiger partial charge in [0.05, 0.1) is 17.3 Å². The van der Waals surface area contributed by atoms with Crippen LogP contribution in [0.1, 0.15) is 25.7 Å². The fourth-order valence-electron chi connectivity index (χ4n) is 4.19. The van der Waals surface area contributed by atoms with Gasteiger partial charge in [0.1, 0.15) is 11.6 Å². The van der Waals surface area contributed by atoms with Gasteiger partial charge in [0.2, 0.25) is 0 Å². The lowest BCUT2D eigenvalue weighted by molar-refractivity contribution is 0.122. The molecule has 0 spiro atoms. The minimum atomic E-state index is -0.633. The Morgan fingerprint density at radius 3 is 2.61 bits per heavy atom. The quantitative estimate of drug-likeness (QED) is 0.718. The van der Waals surface area contributed by atoms with E-state index in [-0.39, 0.29) is 10.7 Å². The monoisotopic (exact) mass is 406 g/mol. The summed E-state index contributed by atoms with van der Waals surface area (Å²) < 4.78 is 32.6. The molecule has 0 aromatic heterocycles. The normalized spacial score (nSPS) is 23.5. The number of rotatable bonds is 4. The number of fused-ring (bicyclic) bond motifs is 2. The van der Waals surface area contributed by atoms with E-state index in [4.69, 9.17) is 16.3 Å². The lowest BCUT2D eigenvalue weighted by atomic mass is 9.93. The van der Waals surface area contributed by atoms with E-state index < -0.39 is 17.7 Å². The summed E-state index contributed by atoms with van der Waals surface area (Å²) in [5, 5.41) is 6.12. The van der Waals surface area contributed by atoms with Gasteiger partial charge >= 0.3 is 6.09 Å². The van der Waals surface area contributed by atoms with E-state index in [1.807, 2.05) is 0 Å². The zero-order valence-corrected chi connectivity index (χ0v) is 15.9. The molecule has 0 radical (unpaired) electrons. The molecule has 2 aromatic carbocycles. The summed E-state index contributed by atoms with van der Waals surface area (Å²) in [6.07, 6.45) is 3.73. The zero-order chi connectivity index (χ0) is 19.7. The number of piperidine rings is 1. The summed E-state index contributed by atoms with van der Waals surface area (Å²) in [6, 6.07) is 9.23. The number of benzene rings is 2. The highest BCUT2D eigenvalue weighted by atomic mass is 35.5. The van der Waals surface area contributed by atoms with Crippen molar-refractivity contribution in [1.29, 1.82) is 0 Å². The number of hydrogen-bond donors (Lipinski definition) is 2. The van der Waals surface area contributed by atoms with Crippen LogP contribution in [0.2, 0.25) is 5.02 Å². The molecule has 7 heteroatoms. The average molecular weight is 407 g/mol. The van der Waals surface area contributed by atoms with Gasteiger partial charge in [0.15, 0.2) is 0 Å². The second-order valence-electron chi connectivity index (χ2n) is 7.52. The standard InChI is InChI=1S/C21H21ClF2N2O2/c22-18-9-13(1-6-19(18)24)17-5-2-14(23)10-20(17)26-21(27)28-11-12-7-15-3-4-16(8-12)25-15/h1-2,5-6,9-10,12,15-16,25H,3-4,7-8,11H2,(H,26,27). The zero-order valence-electron chi connectivity index (χ0n) is 15.2. The molecule has 2 atom stereocenters. The van der Waals surface area contributed by atoms with Crippen molar-refractivity contribution in [3.8, 4) is 11.1 Å². The van der Waals surface area contributed by atoms with Gasteiger partial charge in [-0.1, -0.05) is 17.7 Å². The molecule has 4 nitrogen and oxygen atoms in total. The number of ether oxygens (including phenoxy) is 1. The van der Waals surface area contributed by atoms with E-state index in [9.17, 15) is 13.6 Å². The Bertz CT molecular complexity index is 881. The third-order valence-corrected chi connectivity index (χ3v) is 5.76. The largest absolute Gasteiger partial charge is 0.449 e. The molecule has 2 saturated heterocycles. The molecule has 2 aliphatic heterocycles. The lowest BCUT2D eigenvalue weighted by Gasteiger charge is -2.28. The fraction of sp³-hybridized carbons (Fsp3) is 0.381. The molecule has 28 heavy (non-hydrogen) atoms. The third kappa shape index (κ3) is 4.28. The Morgan fingerprint density at radius 1 is 1.14 bits per heavy atom. The van der Waals surface area contributed by atoms with E-state index in [0.29, 0.717) is 35.7 Å². The molecule has 2 bridgehead atoms. The molecule has 2 aliphatic rings. The summed E-state index contributed by atoms with van der Waals surface area (Å²) in [5.41, 5.74) is 1.34. The van der Waals surface area contributed by atoms with Gasteiger partial charge in [-0.15, -0.1) is 0 Å². The molecular formula is C21H21ClF2N2O2. The summed E-state index contributed by atoms with van der Waals surface area (Å²) >= 11 is 5.85. The highest BCUT2D eigenvalue weighted by Gasteiger charge is 2.33. The first-order chi connectivity index (χ1) is 13.5. The van der Waals surface area contributed by atoms with Crippen LogP contribution in [0.3, 0.4) is 0 Å². The number of nitrogens with one attached hydrogen (secondary N) is 2. The molecule has 0 aliphatic carbocycles. The summed E-state index contributed by atoms with van der Waals surface area (Å²) in [7, 11) is 0. The van der Waals surface area contributed by atoms with Crippen LogP contribution in [0.15, 0.2) is 36.4 Å². The highest BCUT2D eigenvalue weighted by molar-refractivity contribution is 6.31. The Morgan fingerprint density at radius 2 is 1.89 bits per heavy atom. The minimum absolute atomic E-state index is 0.0455. The number of halogens is 3. The molecule has 4 rings (SSSR count). The predicted octanol–water partition coefficient (Wildman–Crippen LogP) is 5.36. The number of carbonyl (C=O) groups excluding carboxylic acids is 1. The molecule has 2 unspecified atom stereocenters. The van der Waals surface area contributed by atoms with Crippen LogP contribution >= 0.6 is 11.6 Å². The van der Waals surface area contributed by atoms with Crippen molar-refractivity contribution in [3.05, 3.63) is 53.1 Å². The Hall–Kier alpha value is -2.18. The van der Waals surface area contributed by atoms with Gasteiger partial charge < -0.3 is 10.1 Å². The average Bonchev–Trinajstić information content (AvgIpc) is 3.01. The smallest absolute Gasteiger partial charge is 0.411 e. The summed E-state index contributed by atoms with van der Waals surface area (Å²) in [4.78, 5) is 12.3. The van der Waals surface area contributed by atoms with Crippen molar-refractivity contribution in [2.45, 2.75) is 37.8 Å². The van der Waals surface area contributed by atoms with Crippen LogP contribution in [0.5, 0.6) is 0 Å². The first kappa shape index (κ1) is 19.2. The lowest BCUT2D eigenvalue weighted by Crippen LogP contribution is -2.39. The van der Waals surface area contributed by atoms with Gasteiger partial charge in [0, 0.05) is 17.6 Å². The van der Waals surface area contributed by atoms with Crippen molar-refractivity contribution in [3.63, 3.8) is 0 Å². The maximum atomic E-state index is 13.7. The van der Waals surface area contributed by atoms with E-state index in [2.05, 4.69) is 10.6 Å². The predicted molar refractivity (Wildman–Crippen MR) is 104 cm³/mol. The number of amides is 1. The maximum absolute atomic E-state index is 13.7. The van der Waals surface area contributed by atoms with Gasteiger partial charge in [-0.25, -0.2) is 13.6 Å². The van der Waals surface area contributed by atoms with E-state index >= 15 is 0 Å². The molecule has 2 N–H and O–H groups in total. The number of carbonyl (C=O) groups is 1. The molecule has 2 aromatic rings. The summed E-state index contributed by atoms with van der Waals surface area (Å²) in [5.74, 6) is -0.702. The second-order valence-corrected chi connectivity index (χ2v) is 7.92. The molecule has 1 amide bonds. The van der Waals surface area contributed by atoms with Crippen LogP contribution in [0.25, 0.3) is 11.1 Å². The van der Waals surface area contributed by atoms with Crippen LogP contribution in [0, 0.1) is 17.6 Å². The molecule has 2 fully saturated rings. The van der Waals surface area contributed by atoms with Crippen molar-refractivity contribution in [2.75, 3.05) is 11.9 Å². The molecule has 2 heterocycles.